The molecule has 1 N–H and O–H groups in total. The maximum Gasteiger partial charge on any atom is 0.346 e. The van der Waals surface area contributed by atoms with Gasteiger partial charge < -0.3 is 14.7 Å². The molecule has 0 heterocycles. The van der Waals surface area contributed by atoms with Crippen LogP contribution in [-0.4, -0.2) is 30.5 Å². The molecule has 4 rings (SSSR count). The monoisotopic (exact) mass is 427 g/mol. The average Bonchev–Trinajstić information content (AvgIpc) is 3.08. The summed E-state index contributed by atoms with van der Waals surface area (Å²) in [4.78, 5) is 16.9. The van der Waals surface area contributed by atoms with Gasteiger partial charge in [0, 0.05) is 17.1 Å². The Morgan fingerprint density at radius 2 is 1.44 bits per heavy atom. The topological polar surface area (TPSA) is 68.1 Å². The van der Waals surface area contributed by atoms with Gasteiger partial charge in [-0.15, -0.1) is 0 Å². The highest BCUT2D eigenvalue weighted by atomic mass is 16.6. The maximum atomic E-state index is 12.3. The number of aliphatic hydroxyl groups is 1. The van der Waals surface area contributed by atoms with E-state index in [1.54, 1.807) is 0 Å². The summed E-state index contributed by atoms with van der Waals surface area (Å²) in [6, 6.07) is 29.2. The van der Waals surface area contributed by atoms with Crippen LogP contribution in [0.3, 0.4) is 0 Å². The number of allylic oxidation sites excluding steroid dienone is 1. The van der Waals surface area contributed by atoms with Gasteiger partial charge >= 0.3 is 5.97 Å². The Labute approximate surface area is 187 Å². The smallest absolute Gasteiger partial charge is 0.346 e. The first-order valence-electron chi connectivity index (χ1n) is 10.5. The van der Waals surface area contributed by atoms with E-state index in [0.29, 0.717) is 5.71 Å². The van der Waals surface area contributed by atoms with Gasteiger partial charge in [-0.05, 0) is 16.7 Å². The van der Waals surface area contributed by atoms with Crippen molar-refractivity contribution in [2.45, 2.75) is 12.5 Å². The molecule has 162 valence electrons. The first-order chi connectivity index (χ1) is 15.6. The van der Waals surface area contributed by atoms with Gasteiger partial charge in [0.25, 0.3) is 0 Å². The van der Waals surface area contributed by atoms with Crippen molar-refractivity contribution in [1.29, 1.82) is 0 Å². The third-order valence-corrected chi connectivity index (χ3v) is 5.84. The van der Waals surface area contributed by atoms with Crippen molar-refractivity contribution in [3.63, 3.8) is 0 Å². The van der Waals surface area contributed by atoms with Crippen LogP contribution in [0.25, 0.3) is 11.1 Å². The molecule has 3 aromatic carbocycles. The van der Waals surface area contributed by atoms with E-state index in [9.17, 15) is 9.90 Å². The Kier molecular flexibility index (Phi) is 6.19. The van der Waals surface area contributed by atoms with Crippen LogP contribution in [0, 0.1) is 5.92 Å². The predicted molar refractivity (Wildman–Crippen MR) is 125 cm³/mol. The number of oxime groups is 1. The Hall–Kier alpha value is -3.70. The lowest BCUT2D eigenvalue weighted by Crippen LogP contribution is -2.34. The summed E-state index contributed by atoms with van der Waals surface area (Å²) < 4.78 is 4.66. The highest BCUT2D eigenvalue weighted by Gasteiger charge is 2.51. The summed E-state index contributed by atoms with van der Waals surface area (Å²) >= 11 is 0. The van der Waals surface area contributed by atoms with Crippen LogP contribution < -0.4 is 0 Å². The third-order valence-electron chi connectivity index (χ3n) is 5.84. The van der Waals surface area contributed by atoms with E-state index in [2.05, 4.69) is 9.89 Å². The number of rotatable bonds is 6. The molecule has 0 amide bonds. The summed E-state index contributed by atoms with van der Waals surface area (Å²) in [5, 5.41) is 16.7. The number of carbonyl (C=O) groups excluding carboxylic acids is 1. The fourth-order valence-electron chi connectivity index (χ4n) is 4.24. The van der Waals surface area contributed by atoms with Crippen LogP contribution in [0.5, 0.6) is 0 Å². The first-order valence-corrected chi connectivity index (χ1v) is 10.5. The highest BCUT2D eigenvalue weighted by molar-refractivity contribution is 6.36. The van der Waals surface area contributed by atoms with Crippen molar-refractivity contribution in [1.82, 2.24) is 0 Å². The molecule has 3 aromatic rings. The highest BCUT2D eigenvalue weighted by Crippen LogP contribution is 2.53. The minimum Gasteiger partial charge on any atom is -0.466 e. The molecule has 2 atom stereocenters. The molecule has 0 unspecified atom stereocenters. The van der Waals surface area contributed by atoms with E-state index in [4.69, 9.17) is 4.84 Å². The normalized spacial score (nSPS) is 21.6. The Morgan fingerprint density at radius 1 is 0.906 bits per heavy atom. The fraction of sp³-hybridized carbons (Fsp3) is 0.185. The van der Waals surface area contributed by atoms with Crippen molar-refractivity contribution in [2.75, 3.05) is 13.7 Å². The van der Waals surface area contributed by atoms with Gasteiger partial charge in [-0.1, -0.05) is 103 Å². The number of benzene rings is 3. The molecule has 5 nitrogen and oxygen atoms in total. The van der Waals surface area contributed by atoms with Crippen molar-refractivity contribution < 1.29 is 19.5 Å². The molecule has 1 aliphatic rings. The molecule has 0 fully saturated rings. The number of hydrogen-bond acceptors (Lipinski definition) is 5. The third kappa shape index (κ3) is 3.83. The van der Waals surface area contributed by atoms with E-state index in [1.165, 1.54) is 7.11 Å². The lowest BCUT2D eigenvalue weighted by Gasteiger charge is -2.32. The van der Waals surface area contributed by atoms with Gasteiger partial charge in [0.15, 0.2) is 0 Å². The van der Waals surface area contributed by atoms with Crippen LogP contribution in [0.1, 0.15) is 23.6 Å². The molecule has 0 saturated carbocycles. The maximum absolute atomic E-state index is 12.3. The summed E-state index contributed by atoms with van der Waals surface area (Å²) in [6.45, 7) is 1.62. The standard InChI is InChI=1S/C27H25NO4/c1-19-26(28-32-18-23(29)31-2)24(20-12-6-3-7-13-20)25(21-14-8-4-9-15-21)27(19,30)22-16-10-5-11-17-22/h3-17,19,30H,18H2,1-2H3/b28-26+/t19-,27+/m1/s1. The van der Waals surface area contributed by atoms with E-state index < -0.39 is 17.5 Å². The number of carbonyl (C=O) groups is 1. The lowest BCUT2D eigenvalue weighted by molar-refractivity contribution is -0.145. The Morgan fingerprint density at radius 3 is 2.00 bits per heavy atom. The predicted octanol–water partition coefficient (Wildman–Crippen LogP) is 4.68. The number of esters is 1. The minimum atomic E-state index is -1.35. The summed E-state index contributed by atoms with van der Waals surface area (Å²) in [7, 11) is 1.30. The number of methoxy groups -OCH3 is 1. The molecule has 0 aliphatic heterocycles. The largest absolute Gasteiger partial charge is 0.466 e. The van der Waals surface area contributed by atoms with E-state index in [-0.39, 0.29) is 6.61 Å². The molecule has 0 radical (unpaired) electrons. The molecule has 0 spiro atoms. The summed E-state index contributed by atoms with van der Waals surface area (Å²) in [5.41, 5.74) is 3.33. The van der Waals surface area contributed by atoms with E-state index >= 15 is 0 Å². The van der Waals surface area contributed by atoms with E-state index in [1.807, 2.05) is 97.9 Å². The Balaban J connectivity index is 1.98. The van der Waals surface area contributed by atoms with Crippen LogP contribution in [0.2, 0.25) is 0 Å². The quantitative estimate of drug-likeness (QED) is 0.458. The second-order valence-electron chi connectivity index (χ2n) is 7.66. The number of hydrogen-bond donors (Lipinski definition) is 1. The van der Waals surface area contributed by atoms with Gasteiger partial charge in [-0.25, -0.2) is 4.79 Å². The van der Waals surface area contributed by atoms with E-state index in [0.717, 1.165) is 27.8 Å². The van der Waals surface area contributed by atoms with Crippen LogP contribution in [0.15, 0.2) is 96.2 Å². The zero-order chi connectivity index (χ0) is 22.6. The van der Waals surface area contributed by atoms with Crippen molar-refractivity contribution in [3.8, 4) is 0 Å². The second-order valence-corrected chi connectivity index (χ2v) is 7.66. The van der Waals surface area contributed by atoms with Crippen molar-refractivity contribution >= 4 is 22.8 Å². The molecular formula is C27H25NO4. The molecule has 0 aromatic heterocycles. The lowest BCUT2D eigenvalue weighted by atomic mass is 9.78. The summed E-state index contributed by atoms with van der Waals surface area (Å²) in [5.74, 6) is -0.959. The zero-order valence-corrected chi connectivity index (χ0v) is 18.1. The average molecular weight is 428 g/mol. The van der Waals surface area contributed by atoms with Crippen LogP contribution in [0.4, 0.5) is 0 Å². The molecule has 1 aliphatic carbocycles. The molecular weight excluding hydrogens is 402 g/mol. The molecule has 0 bridgehead atoms. The Bertz CT molecular complexity index is 1140. The van der Waals surface area contributed by atoms with Gasteiger partial charge in [0.1, 0.15) is 5.60 Å². The SMILES string of the molecule is COC(=O)CO/N=C1/C(c2ccccc2)=C(c2ccccc2)[C@@](O)(c2ccccc2)[C@@H]1C. The molecule has 5 heteroatoms. The van der Waals surface area contributed by atoms with Crippen molar-refractivity contribution in [3.05, 3.63) is 108 Å². The molecule has 32 heavy (non-hydrogen) atoms. The first kappa shape index (κ1) is 21.5. The number of ether oxygens (including phenoxy) is 1. The second kappa shape index (κ2) is 9.20. The zero-order valence-electron chi connectivity index (χ0n) is 18.1. The van der Waals surface area contributed by atoms with Gasteiger partial charge in [-0.2, -0.15) is 0 Å². The van der Waals surface area contributed by atoms with Crippen LogP contribution in [-0.2, 0) is 20.0 Å². The van der Waals surface area contributed by atoms with Crippen molar-refractivity contribution in [2.24, 2.45) is 11.1 Å². The van der Waals surface area contributed by atoms with Crippen LogP contribution >= 0.6 is 0 Å². The van der Waals surface area contributed by atoms with Gasteiger partial charge in [0.05, 0.1) is 12.8 Å². The number of nitrogens with zero attached hydrogens (tertiary/aromatic N) is 1. The molecule has 0 saturated heterocycles. The van der Waals surface area contributed by atoms with Gasteiger partial charge in [-0.3, -0.25) is 0 Å². The minimum absolute atomic E-state index is 0.306. The fourth-order valence-corrected chi connectivity index (χ4v) is 4.24. The summed E-state index contributed by atoms with van der Waals surface area (Å²) in [6.07, 6.45) is 0. The van der Waals surface area contributed by atoms with Gasteiger partial charge in [0.2, 0.25) is 6.61 Å².